The second-order valence-electron chi connectivity index (χ2n) is 4.63. The van der Waals surface area contributed by atoms with Crippen LogP contribution in [0.1, 0.15) is 34.3 Å². The van der Waals surface area contributed by atoms with Crippen LogP contribution in [0, 0.1) is 6.92 Å². The van der Waals surface area contributed by atoms with E-state index in [2.05, 4.69) is 18.3 Å². The summed E-state index contributed by atoms with van der Waals surface area (Å²) in [6.45, 7) is 3.90. The van der Waals surface area contributed by atoms with Crippen molar-refractivity contribution in [2.75, 3.05) is 13.1 Å². The number of fused-ring (bicyclic) bond motifs is 2. The van der Waals surface area contributed by atoms with E-state index in [9.17, 15) is 4.79 Å². The summed E-state index contributed by atoms with van der Waals surface area (Å²) in [4.78, 5) is 11.8. The Morgan fingerprint density at radius 1 is 1.29 bits per heavy atom. The van der Waals surface area contributed by atoms with Crippen LogP contribution in [0.4, 0.5) is 0 Å². The number of benzene rings is 1. The molecule has 0 radical (unpaired) electrons. The second kappa shape index (κ2) is 4.31. The quantitative estimate of drug-likeness (QED) is 0.720. The van der Waals surface area contributed by atoms with Crippen molar-refractivity contribution in [2.45, 2.75) is 25.4 Å². The normalized spacial score (nSPS) is 20.6. The van der Waals surface area contributed by atoms with Gasteiger partial charge in [-0.05, 0) is 31.6 Å². The van der Waals surface area contributed by atoms with E-state index in [4.69, 9.17) is 4.74 Å². The fraction of sp³-hybridized carbons (Fsp3) is 0.462. The van der Waals surface area contributed by atoms with E-state index < -0.39 is 0 Å². The lowest BCUT2D eigenvalue weighted by atomic mass is 9.82. The molecule has 4 heteroatoms. The number of carbonyl (C=O) groups excluding carboxylic acids is 1. The first kappa shape index (κ1) is 12.4. The highest BCUT2D eigenvalue weighted by atomic mass is 35.5. The zero-order valence-corrected chi connectivity index (χ0v) is 10.6. The van der Waals surface area contributed by atoms with Gasteiger partial charge in [-0.3, -0.25) is 0 Å². The number of rotatable bonds is 0. The second-order valence-corrected chi connectivity index (χ2v) is 4.63. The van der Waals surface area contributed by atoms with Crippen LogP contribution in [0.5, 0.6) is 0 Å². The van der Waals surface area contributed by atoms with Crippen molar-refractivity contribution in [3.05, 3.63) is 34.9 Å². The maximum absolute atomic E-state index is 11.8. The third kappa shape index (κ3) is 1.74. The number of nitrogens with one attached hydrogen (secondary N) is 1. The molecule has 1 saturated heterocycles. The minimum atomic E-state index is -0.344. The standard InChI is InChI=1S/C13H15NO2.ClH/c1-9-3-2-4-10-11(9)13(16-12(10)15)5-7-14-8-6-13;/h2-4,14H,5-8H2,1H3;1H. The first-order chi connectivity index (χ1) is 7.73. The van der Waals surface area contributed by atoms with Crippen LogP contribution in [-0.2, 0) is 10.3 Å². The van der Waals surface area contributed by atoms with Crippen molar-refractivity contribution in [2.24, 2.45) is 0 Å². The van der Waals surface area contributed by atoms with Gasteiger partial charge in [-0.15, -0.1) is 12.4 Å². The lowest BCUT2D eigenvalue weighted by Gasteiger charge is -2.33. The lowest BCUT2D eigenvalue weighted by molar-refractivity contribution is -0.0244. The minimum absolute atomic E-state index is 0. The Morgan fingerprint density at radius 2 is 2.00 bits per heavy atom. The first-order valence-electron chi connectivity index (χ1n) is 5.77. The van der Waals surface area contributed by atoms with Crippen molar-refractivity contribution in [3.63, 3.8) is 0 Å². The molecule has 1 spiro atoms. The molecule has 1 aromatic carbocycles. The van der Waals surface area contributed by atoms with Crippen LogP contribution in [0.15, 0.2) is 18.2 Å². The Hall–Kier alpha value is -1.06. The van der Waals surface area contributed by atoms with E-state index in [-0.39, 0.29) is 24.0 Å². The number of aryl methyl sites for hydroxylation is 1. The van der Waals surface area contributed by atoms with Gasteiger partial charge in [-0.25, -0.2) is 4.79 Å². The number of esters is 1. The molecule has 3 nitrogen and oxygen atoms in total. The minimum Gasteiger partial charge on any atom is -0.450 e. The van der Waals surface area contributed by atoms with Gasteiger partial charge in [0.05, 0.1) is 5.56 Å². The Bertz CT molecular complexity index is 453. The van der Waals surface area contributed by atoms with E-state index in [1.54, 1.807) is 0 Å². The number of hydrogen-bond donors (Lipinski definition) is 1. The SMILES string of the molecule is Cc1cccc2c1C1(CCNCC1)OC2=O.Cl. The summed E-state index contributed by atoms with van der Waals surface area (Å²) in [5, 5.41) is 3.31. The molecule has 2 aliphatic heterocycles. The molecule has 17 heavy (non-hydrogen) atoms. The summed E-state index contributed by atoms with van der Waals surface area (Å²) in [6.07, 6.45) is 1.77. The maximum atomic E-state index is 11.8. The molecule has 1 aromatic rings. The van der Waals surface area contributed by atoms with E-state index in [1.165, 1.54) is 5.56 Å². The van der Waals surface area contributed by atoms with E-state index in [0.717, 1.165) is 37.1 Å². The lowest BCUT2D eigenvalue weighted by Crippen LogP contribution is -2.40. The molecular weight excluding hydrogens is 238 g/mol. The van der Waals surface area contributed by atoms with Crippen molar-refractivity contribution >= 4 is 18.4 Å². The predicted molar refractivity (Wildman–Crippen MR) is 67.6 cm³/mol. The third-order valence-corrected chi connectivity index (χ3v) is 3.65. The van der Waals surface area contributed by atoms with Crippen LogP contribution in [0.2, 0.25) is 0 Å². The number of carbonyl (C=O) groups is 1. The van der Waals surface area contributed by atoms with Gasteiger partial charge >= 0.3 is 5.97 Å². The molecule has 0 unspecified atom stereocenters. The van der Waals surface area contributed by atoms with Gasteiger partial charge in [0.2, 0.25) is 0 Å². The fourth-order valence-corrected chi connectivity index (χ4v) is 2.91. The van der Waals surface area contributed by atoms with Crippen molar-refractivity contribution in [3.8, 4) is 0 Å². The molecule has 0 amide bonds. The van der Waals surface area contributed by atoms with E-state index >= 15 is 0 Å². The molecule has 0 aliphatic carbocycles. The molecular formula is C13H16ClNO2. The van der Waals surface area contributed by atoms with Gasteiger partial charge in [-0.2, -0.15) is 0 Å². The van der Waals surface area contributed by atoms with Gasteiger partial charge in [0, 0.05) is 18.4 Å². The molecule has 0 bridgehead atoms. The Morgan fingerprint density at radius 3 is 2.71 bits per heavy atom. The highest BCUT2D eigenvalue weighted by molar-refractivity contribution is 5.95. The zero-order chi connectivity index (χ0) is 11.2. The van der Waals surface area contributed by atoms with Crippen LogP contribution in [-0.4, -0.2) is 19.1 Å². The molecule has 2 aliphatic rings. The molecule has 0 atom stereocenters. The van der Waals surface area contributed by atoms with Crippen molar-refractivity contribution in [1.82, 2.24) is 5.32 Å². The highest BCUT2D eigenvalue weighted by Crippen LogP contribution is 2.44. The summed E-state index contributed by atoms with van der Waals surface area (Å²) in [5.74, 6) is -0.152. The molecule has 3 rings (SSSR count). The number of ether oxygens (including phenoxy) is 1. The molecule has 2 heterocycles. The van der Waals surface area contributed by atoms with Gasteiger partial charge in [0.25, 0.3) is 0 Å². The van der Waals surface area contributed by atoms with Crippen LogP contribution < -0.4 is 5.32 Å². The van der Waals surface area contributed by atoms with Crippen LogP contribution in [0.3, 0.4) is 0 Å². The number of hydrogen-bond acceptors (Lipinski definition) is 3. The average molecular weight is 254 g/mol. The van der Waals surface area contributed by atoms with E-state index in [0.29, 0.717) is 0 Å². The predicted octanol–water partition coefficient (Wildman–Crippen LogP) is 2.17. The monoisotopic (exact) mass is 253 g/mol. The van der Waals surface area contributed by atoms with Gasteiger partial charge in [-0.1, -0.05) is 12.1 Å². The Balaban J connectivity index is 0.00000108. The third-order valence-electron chi connectivity index (χ3n) is 3.65. The number of halogens is 1. The summed E-state index contributed by atoms with van der Waals surface area (Å²) < 4.78 is 5.66. The average Bonchev–Trinajstić information content (AvgIpc) is 2.55. The van der Waals surface area contributed by atoms with Crippen LogP contribution >= 0.6 is 12.4 Å². The topological polar surface area (TPSA) is 38.3 Å². The largest absolute Gasteiger partial charge is 0.450 e. The first-order valence-corrected chi connectivity index (χ1v) is 5.77. The van der Waals surface area contributed by atoms with Crippen molar-refractivity contribution < 1.29 is 9.53 Å². The van der Waals surface area contributed by atoms with Gasteiger partial charge < -0.3 is 10.1 Å². The Kier molecular flexibility index (Phi) is 3.15. The zero-order valence-electron chi connectivity index (χ0n) is 9.79. The summed E-state index contributed by atoms with van der Waals surface area (Å²) >= 11 is 0. The molecule has 0 saturated carbocycles. The van der Waals surface area contributed by atoms with Crippen molar-refractivity contribution in [1.29, 1.82) is 0 Å². The van der Waals surface area contributed by atoms with E-state index in [1.807, 2.05) is 12.1 Å². The summed E-state index contributed by atoms with van der Waals surface area (Å²) in [7, 11) is 0. The molecule has 92 valence electrons. The maximum Gasteiger partial charge on any atom is 0.339 e. The fourth-order valence-electron chi connectivity index (χ4n) is 2.91. The van der Waals surface area contributed by atoms with Gasteiger partial charge in [0.1, 0.15) is 5.60 Å². The number of piperidine rings is 1. The molecule has 0 aromatic heterocycles. The highest BCUT2D eigenvalue weighted by Gasteiger charge is 2.46. The molecule has 1 N–H and O–H groups in total. The van der Waals surface area contributed by atoms with Gasteiger partial charge in [0.15, 0.2) is 0 Å². The smallest absolute Gasteiger partial charge is 0.339 e. The Labute approximate surface area is 107 Å². The summed E-state index contributed by atoms with van der Waals surface area (Å²) in [6, 6.07) is 5.86. The van der Waals surface area contributed by atoms with Crippen LogP contribution in [0.25, 0.3) is 0 Å². The summed E-state index contributed by atoms with van der Waals surface area (Å²) in [5.41, 5.74) is 2.72. The molecule has 1 fully saturated rings.